The molecule has 2 aromatic rings. The van der Waals surface area contributed by atoms with E-state index in [9.17, 15) is 9.90 Å². The number of carbonyl (C=O) groups excluding carboxylic acids is 1. The number of hydrogen-bond donors (Lipinski definition) is 3. The second-order valence-corrected chi connectivity index (χ2v) is 6.68. The lowest BCUT2D eigenvalue weighted by Gasteiger charge is -2.39. The SMILES string of the molecule is CC(CNc1cc(O)ccc1C(N)=O)N1CCN(c2ccccc2)CC1. The van der Waals surface area contributed by atoms with Crippen molar-refractivity contribution in [3.05, 3.63) is 54.1 Å². The second-order valence-electron chi connectivity index (χ2n) is 6.68. The minimum atomic E-state index is -0.503. The molecule has 1 heterocycles. The van der Waals surface area contributed by atoms with Crippen molar-refractivity contribution < 1.29 is 9.90 Å². The first-order chi connectivity index (χ1) is 12.5. The molecule has 0 bridgehead atoms. The summed E-state index contributed by atoms with van der Waals surface area (Å²) in [6.45, 7) is 6.80. The van der Waals surface area contributed by atoms with Gasteiger partial charge in [0.25, 0.3) is 5.91 Å². The number of benzene rings is 2. The van der Waals surface area contributed by atoms with Crippen LogP contribution in [0.15, 0.2) is 48.5 Å². The predicted molar refractivity (Wildman–Crippen MR) is 105 cm³/mol. The molecule has 1 fully saturated rings. The standard InChI is InChI=1S/C20H26N4O2/c1-15(14-22-19-13-17(25)7-8-18(19)20(21)26)23-9-11-24(12-10-23)16-5-3-2-4-6-16/h2-8,13,15,22,25H,9-12,14H2,1H3,(H2,21,26). The van der Waals surface area contributed by atoms with Gasteiger partial charge in [-0.3, -0.25) is 9.69 Å². The minimum Gasteiger partial charge on any atom is -0.508 e. The summed E-state index contributed by atoms with van der Waals surface area (Å²) < 4.78 is 0. The molecular weight excluding hydrogens is 328 g/mol. The number of nitrogens with zero attached hydrogens (tertiary/aromatic N) is 2. The smallest absolute Gasteiger partial charge is 0.250 e. The van der Waals surface area contributed by atoms with Gasteiger partial charge in [0.1, 0.15) is 5.75 Å². The first kappa shape index (κ1) is 18.1. The van der Waals surface area contributed by atoms with Crippen molar-refractivity contribution in [3.8, 4) is 5.75 Å². The van der Waals surface area contributed by atoms with Crippen LogP contribution >= 0.6 is 0 Å². The average molecular weight is 354 g/mol. The molecule has 1 aliphatic rings. The van der Waals surface area contributed by atoms with Gasteiger partial charge < -0.3 is 21.1 Å². The van der Waals surface area contributed by atoms with Crippen LogP contribution in [0.2, 0.25) is 0 Å². The lowest BCUT2D eigenvalue weighted by molar-refractivity contribution is 0.100. The highest BCUT2D eigenvalue weighted by Crippen LogP contribution is 2.22. The molecular formula is C20H26N4O2. The quantitative estimate of drug-likeness (QED) is 0.740. The van der Waals surface area contributed by atoms with Crippen LogP contribution in [-0.2, 0) is 0 Å². The first-order valence-electron chi connectivity index (χ1n) is 8.95. The molecule has 2 aromatic carbocycles. The Hall–Kier alpha value is -2.73. The van der Waals surface area contributed by atoms with E-state index in [1.165, 1.54) is 11.8 Å². The van der Waals surface area contributed by atoms with Crippen LogP contribution in [0.4, 0.5) is 11.4 Å². The summed E-state index contributed by atoms with van der Waals surface area (Å²) in [7, 11) is 0. The van der Waals surface area contributed by atoms with Gasteiger partial charge in [-0.15, -0.1) is 0 Å². The van der Waals surface area contributed by atoms with E-state index in [0.717, 1.165) is 26.2 Å². The molecule has 4 N–H and O–H groups in total. The minimum absolute atomic E-state index is 0.113. The summed E-state index contributed by atoms with van der Waals surface area (Å²) in [4.78, 5) is 16.4. The normalized spacial score (nSPS) is 16.3. The molecule has 0 radical (unpaired) electrons. The van der Waals surface area contributed by atoms with E-state index in [0.29, 0.717) is 23.8 Å². The lowest BCUT2D eigenvalue weighted by Crippen LogP contribution is -2.51. The Kier molecular flexibility index (Phi) is 5.63. The number of phenols is 1. The molecule has 3 rings (SSSR count). The summed E-state index contributed by atoms with van der Waals surface area (Å²) in [5.41, 5.74) is 7.64. The number of carbonyl (C=O) groups is 1. The Balaban J connectivity index is 1.54. The van der Waals surface area contributed by atoms with Crippen molar-refractivity contribution in [2.75, 3.05) is 42.9 Å². The third-order valence-electron chi connectivity index (χ3n) is 4.92. The van der Waals surface area contributed by atoms with Crippen molar-refractivity contribution in [2.45, 2.75) is 13.0 Å². The maximum Gasteiger partial charge on any atom is 0.250 e. The Labute approximate surface area is 154 Å². The van der Waals surface area contributed by atoms with Gasteiger partial charge >= 0.3 is 0 Å². The van der Waals surface area contributed by atoms with Gasteiger partial charge in [-0.05, 0) is 31.2 Å². The summed E-state index contributed by atoms with van der Waals surface area (Å²) in [6.07, 6.45) is 0. The van der Waals surface area contributed by atoms with Gasteiger partial charge in [-0.1, -0.05) is 18.2 Å². The van der Waals surface area contributed by atoms with Crippen LogP contribution < -0.4 is 16.0 Å². The summed E-state index contributed by atoms with van der Waals surface area (Å²) in [5.74, 6) is -0.391. The number of phenolic OH excluding ortho intramolecular Hbond substituents is 1. The molecule has 6 heteroatoms. The fourth-order valence-corrected chi connectivity index (χ4v) is 3.34. The maximum atomic E-state index is 11.5. The van der Waals surface area contributed by atoms with E-state index in [1.54, 1.807) is 12.1 Å². The number of amides is 1. The summed E-state index contributed by atoms with van der Waals surface area (Å²) in [5, 5.41) is 12.9. The van der Waals surface area contributed by atoms with Gasteiger partial charge in [0.15, 0.2) is 0 Å². The topological polar surface area (TPSA) is 81.8 Å². The molecule has 0 spiro atoms. The Morgan fingerprint density at radius 3 is 2.50 bits per heavy atom. The van der Waals surface area contributed by atoms with Crippen LogP contribution in [0, 0.1) is 0 Å². The predicted octanol–water partition coefficient (Wildman–Crippen LogP) is 2.11. The van der Waals surface area contributed by atoms with Gasteiger partial charge in [-0.2, -0.15) is 0 Å². The van der Waals surface area contributed by atoms with Crippen LogP contribution in [0.5, 0.6) is 5.75 Å². The number of aromatic hydroxyl groups is 1. The fraction of sp³-hybridized carbons (Fsp3) is 0.350. The van der Waals surface area contributed by atoms with Crippen LogP contribution in [0.25, 0.3) is 0 Å². The molecule has 138 valence electrons. The zero-order chi connectivity index (χ0) is 18.5. The number of piperazine rings is 1. The Morgan fingerprint density at radius 2 is 1.85 bits per heavy atom. The number of nitrogens with two attached hydrogens (primary N) is 1. The van der Waals surface area contributed by atoms with E-state index in [2.05, 4.69) is 46.3 Å². The van der Waals surface area contributed by atoms with E-state index in [4.69, 9.17) is 5.73 Å². The molecule has 6 nitrogen and oxygen atoms in total. The lowest BCUT2D eigenvalue weighted by atomic mass is 10.1. The number of nitrogens with one attached hydrogen (secondary N) is 1. The second kappa shape index (κ2) is 8.10. The summed E-state index contributed by atoms with van der Waals surface area (Å²) >= 11 is 0. The monoisotopic (exact) mass is 354 g/mol. The van der Waals surface area contributed by atoms with Crippen molar-refractivity contribution in [2.24, 2.45) is 5.73 Å². The average Bonchev–Trinajstić information content (AvgIpc) is 2.66. The third kappa shape index (κ3) is 4.26. The zero-order valence-corrected chi connectivity index (χ0v) is 15.1. The van der Waals surface area contributed by atoms with Gasteiger partial charge in [-0.25, -0.2) is 0 Å². The molecule has 0 saturated carbocycles. The van der Waals surface area contributed by atoms with Crippen LogP contribution in [0.1, 0.15) is 17.3 Å². The fourth-order valence-electron chi connectivity index (χ4n) is 3.34. The molecule has 1 saturated heterocycles. The van der Waals surface area contributed by atoms with E-state index < -0.39 is 5.91 Å². The zero-order valence-electron chi connectivity index (χ0n) is 15.1. The van der Waals surface area contributed by atoms with Crippen LogP contribution in [0.3, 0.4) is 0 Å². The third-order valence-corrected chi connectivity index (χ3v) is 4.92. The molecule has 1 unspecified atom stereocenters. The highest BCUT2D eigenvalue weighted by molar-refractivity contribution is 5.98. The van der Waals surface area contributed by atoms with Crippen molar-refractivity contribution in [1.82, 2.24) is 4.90 Å². The summed E-state index contributed by atoms with van der Waals surface area (Å²) in [6, 6.07) is 15.3. The first-order valence-corrected chi connectivity index (χ1v) is 8.95. The van der Waals surface area contributed by atoms with Crippen molar-refractivity contribution in [1.29, 1.82) is 0 Å². The van der Waals surface area contributed by atoms with Crippen LogP contribution in [-0.4, -0.2) is 54.7 Å². The molecule has 1 atom stereocenters. The number of primary amides is 1. The van der Waals surface area contributed by atoms with Gasteiger partial charge in [0.2, 0.25) is 0 Å². The van der Waals surface area contributed by atoms with E-state index >= 15 is 0 Å². The highest BCUT2D eigenvalue weighted by Gasteiger charge is 2.21. The molecule has 0 aliphatic carbocycles. The molecule has 0 aromatic heterocycles. The largest absolute Gasteiger partial charge is 0.508 e. The number of hydrogen-bond acceptors (Lipinski definition) is 5. The van der Waals surface area contributed by atoms with E-state index in [-0.39, 0.29) is 5.75 Å². The highest BCUT2D eigenvalue weighted by atomic mass is 16.3. The van der Waals surface area contributed by atoms with E-state index in [1.807, 2.05) is 6.07 Å². The number of rotatable bonds is 6. The van der Waals surface area contributed by atoms with Gasteiger partial charge in [0, 0.05) is 50.5 Å². The molecule has 1 aliphatic heterocycles. The van der Waals surface area contributed by atoms with Gasteiger partial charge in [0.05, 0.1) is 11.3 Å². The molecule has 1 amide bonds. The van der Waals surface area contributed by atoms with Crippen molar-refractivity contribution >= 4 is 17.3 Å². The van der Waals surface area contributed by atoms with Crippen molar-refractivity contribution in [3.63, 3.8) is 0 Å². The Morgan fingerprint density at radius 1 is 1.15 bits per heavy atom. The number of para-hydroxylation sites is 1. The Bertz CT molecular complexity index is 743. The molecule has 26 heavy (non-hydrogen) atoms. The maximum absolute atomic E-state index is 11.5. The number of anilines is 2.